The number of likely N-dealkylation sites (N-methyl/N-ethyl adjacent to an activating group) is 2. The third-order valence-electron chi connectivity index (χ3n) is 14.6. The first-order valence-electron chi connectivity index (χ1n) is 27.8. The van der Waals surface area contributed by atoms with Crippen molar-refractivity contribution >= 4 is 58.3 Å². The van der Waals surface area contributed by atoms with Crippen LogP contribution in [0.5, 0.6) is 5.75 Å². The number of aliphatic hydroxyl groups is 1. The molecule has 446 valence electrons. The molecule has 5 aromatic rings. The number of aryl methyl sites for hydroxylation is 1. The molecule has 2 aliphatic rings. The van der Waals surface area contributed by atoms with Gasteiger partial charge in [-0.05, 0) is 97.3 Å². The van der Waals surface area contributed by atoms with Crippen molar-refractivity contribution in [3.05, 3.63) is 133 Å². The minimum absolute atomic E-state index is 0.0267. The predicted molar refractivity (Wildman–Crippen MR) is 307 cm³/mol. The Labute approximate surface area is 484 Å². The van der Waals surface area contributed by atoms with Crippen LogP contribution in [0.2, 0.25) is 0 Å². The standard InChI is InChI=1S/C59H71N11O14/c1-5-42-43-30-41(19-20-47(43)66-53-44(42)32-70-49(53)31-46-45(55(70)75)34-82-56(76)59(46,79)6-2)84-58(78)69(4)25-24-68(3)57(77)83-33-38-15-17-40(18-16-38)64-54(74)39(14-10-11-21-60)29-50(71)48(28-37-12-8-7-9-13-37)65-52(73)36-81-35-51(72)62-22-26-80-27-23-63-67-61/h7-9,12-13,15-20,30-31,39,48,79H,5-6,10-11,14,21-29,32-36,60H2,1-4H3,(H,62,72)(H,64,74)(H,65,73)/t39?,48?,59-/m0/s1. The van der Waals surface area contributed by atoms with E-state index in [0.29, 0.717) is 60.4 Å². The van der Waals surface area contributed by atoms with Crippen LogP contribution in [0.4, 0.5) is 15.3 Å². The second kappa shape index (κ2) is 30.0. The number of carbonyl (C=O) groups is 7. The minimum Gasteiger partial charge on any atom is -0.458 e. The fourth-order valence-electron chi connectivity index (χ4n) is 9.83. The zero-order valence-corrected chi connectivity index (χ0v) is 47.6. The number of nitrogens with zero attached hydrogens (tertiary/aromatic N) is 7. The first-order chi connectivity index (χ1) is 40.5. The van der Waals surface area contributed by atoms with Crippen LogP contribution in [0, 0.1) is 5.92 Å². The maximum absolute atomic E-state index is 14.0. The highest BCUT2D eigenvalue weighted by molar-refractivity contribution is 5.98. The number of cyclic esters (lactones) is 1. The number of hydrogen-bond donors (Lipinski definition) is 5. The lowest BCUT2D eigenvalue weighted by Gasteiger charge is -2.31. The quantitative estimate of drug-likeness (QED) is 0.0128. The summed E-state index contributed by atoms with van der Waals surface area (Å²) in [5.41, 5.74) is 17.4. The van der Waals surface area contributed by atoms with Crippen molar-refractivity contribution < 1.29 is 62.4 Å². The van der Waals surface area contributed by atoms with Crippen LogP contribution < -0.4 is 32.0 Å². The van der Waals surface area contributed by atoms with Gasteiger partial charge in [0.1, 0.15) is 32.2 Å². The topological polar surface area (TPSA) is 338 Å². The number of unbranched alkanes of at least 4 members (excludes halogenated alkanes) is 1. The fourth-order valence-corrected chi connectivity index (χ4v) is 9.83. The van der Waals surface area contributed by atoms with Gasteiger partial charge in [0.25, 0.3) is 5.56 Å². The number of ether oxygens (including phenoxy) is 5. The number of anilines is 1. The number of pyridine rings is 2. The molecule has 2 unspecified atom stereocenters. The number of ketones is 1. The number of hydrogen-bond acceptors (Lipinski definition) is 17. The number of benzene rings is 3. The Morgan fingerprint density at radius 1 is 0.905 bits per heavy atom. The number of nitrogens with one attached hydrogen (secondary N) is 3. The molecule has 25 heteroatoms. The second-order valence-electron chi connectivity index (χ2n) is 20.4. The van der Waals surface area contributed by atoms with E-state index in [1.165, 1.54) is 23.9 Å². The van der Waals surface area contributed by atoms with Crippen molar-refractivity contribution in [1.82, 2.24) is 30.0 Å². The summed E-state index contributed by atoms with van der Waals surface area (Å²) in [6.45, 7) is 3.92. The van der Waals surface area contributed by atoms with Gasteiger partial charge >= 0.3 is 18.2 Å². The molecule has 3 aromatic carbocycles. The number of Topliss-reactive ketones (excluding diaryl/α,β-unsaturated/α-hetero) is 1. The van der Waals surface area contributed by atoms with Crippen molar-refractivity contribution in [1.29, 1.82) is 0 Å². The van der Waals surface area contributed by atoms with Gasteiger partial charge < -0.3 is 64.8 Å². The van der Waals surface area contributed by atoms with Gasteiger partial charge in [0.2, 0.25) is 17.7 Å². The number of azide groups is 1. The Bertz CT molecular complexity index is 3320. The number of aromatic nitrogens is 2. The molecule has 5 amide bonds. The van der Waals surface area contributed by atoms with Gasteiger partial charge in [-0.25, -0.2) is 19.4 Å². The number of amides is 5. The number of carbonyl (C=O) groups excluding carboxylic acids is 7. The molecule has 0 saturated carbocycles. The predicted octanol–water partition coefficient (Wildman–Crippen LogP) is 5.17. The van der Waals surface area contributed by atoms with E-state index in [4.69, 9.17) is 39.9 Å². The van der Waals surface area contributed by atoms with E-state index >= 15 is 0 Å². The highest BCUT2D eigenvalue weighted by Crippen LogP contribution is 2.41. The van der Waals surface area contributed by atoms with Gasteiger partial charge in [0.05, 0.1) is 48.3 Å². The van der Waals surface area contributed by atoms with Gasteiger partial charge in [-0.15, -0.1) is 0 Å². The molecule has 0 bridgehead atoms. The monoisotopic (exact) mass is 1160 g/mol. The summed E-state index contributed by atoms with van der Waals surface area (Å²) in [5.74, 6) is -3.20. The summed E-state index contributed by atoms with van der Waals surface area (Å²) in [6.07, 6.45) is 0.773. The van der Waals surface area contributed by atoms with Gasteiger partial charge in [0, 0.05) is 79.7 Å². The zero-order valence-electron chi connectivity index (χ0n) is 47.6. The van der Waals surface area contributed by atoms with E-state index in [0.717, 1.165) is 22.1 Å². The number of rotatable bonds is 30. The minimum atomic E-state index is -1.95. The van der Waals surface area contributed by atoms with Crippen LogP contribution in [-0.4, -0.2) is 145 Å². The normalized spacial score (nSPS) is 14.6. The first kappa shape index (κ1) is 62.9. The molecule has 2 aromatic heterocycles. The van der Waals surface area contributed by atoms with Crippen LogP contribution in [0.1, 0.15) is 79.3 Å². The zero-order chi connectivity index (χ0) is 60.3. The molecular formula is C59H71N11O14. The highest BCUT2D eigenvalue weighted by atomic mass is 16.6. The van der Waals surface area contributed by atoms with Crippen LogP contribution in [0.25, 0.3) is 32.7 Å². The van der Waals surface area contributed by atoms with Gasteiger partial charge in [-0.1, -0.05) is 67.8 Å². The third kappa shape index (κ3) is 16.1. The van der Waals surface area contributed by atoms with Gasteiger partial charge in [-0.2, -0.15) is 0 Å². The van der Waals surface area contributed by atoms with E-state index in [2.05, 4.69) is 26.0 Å². The molecule has 6 N–H and O–H groups in total. The molecular weight excluding hydrogens is 1090 g/mol. The van der Waals surface area contributed by atoms with Crippen LogP contribution >= 0.6 is 0 Å². The average Bonchev–Trinajstić information content (AvgIpc) is 1.96. The van der Waals surface area contributed by atoms with E-state index in [-0.39, 0.29) is 107 Å². The fraction of sp³-hybridized carbons (Fsp3) is 0.441. The van der Waals surface area contributed by atoms with Crippen molar-refractivity contribution in [2.45, 2.75) is 90.2 Å². The molecule has 25 nitrogen and oxygen atoms in total. The summed E-state index contributed by atoms with van der Waals surface area (Å²) in [4.78, 5) is 116. The Kier molecular flexibility index (Phi) is 22.4. The smallest absolute Gasteiger partial charge is 0.415 e. The summed E-state index contributed by atoms with van der Waals surface area (Å²) < 4.78 is 28.7. The molecule has 7 rings (SSSR count). The van der Waals surface area contributed by atoms with Crippen LogP contribution in [0.3, 0.4) is 0 Å². The summed E-state index contributed by atoms with van der Waals surface area (Å²) >= 11 is 0. The Morgan fingerprint density at radius 3 is 2.36 bits per heavy atom. The molecule has 4 heterocycles. The number of fused-ring (bicyclic) bond motifs is 5. The average molecular weight is 1160 g/mol. The number of esters is 1. The molecule has 84 heavy (non-hydrogen) atoms. The van der Waals surface area contributed by atoms with Crippen molar-refractivity contribution in [3.63, 3.8) is 0 Å². The largest absolute Gasteiger partial charge is 0.458 e. The number of nitrogens with two attached hydrogens (primary N) is 1. The van der Waals surface area contributed by atoms with E-state index in [9.17, 15) is 43.5 Å². The maximum atomic E-state index is 14.0. The van der Waals surface area contributed by atoms with Crippen LogP contribution in [-0.2, 0) is 81.1 Å². The van der Waals surface area contributed by atoms with E-state index in [1.807, 2.05) is 37.3 Å². The summed E-state index contributed by atoms with van der Waals surface area (Å²) in [7, 11) is 3.07. The molecule has 0 fully saturated rings. The Hall–Kier alpha value is -8.74. The van der Waals surface area contributed by atoms with Crippen molar-refractivity contribution in [2.75, 3.05) is 78.6 Å². The lowest BCUT2D eigenvalue weighted by atomic mass is 9.86. The van der Waals surface area contributed by atoms with Gasteiger partial charge in [0.15, 0.2) is 11.4 Å². The molecule has 0 spiro atoms. The Balaban J connectivity index is 0.878. The van der Waals surface area contributed by atoms with Crippen molar-refractivity contribution in [2.24, 2.45) is 16.8 Å². The molecule has 3 atom stereocenters. The molecule has 2 aliphatic heterocycles. The lowest BCUT2D eigenvalue weighted by Crippen LogP contribution is -2.45. The van der Waals surface area contributed by atoms with Crippen molar-refractivity contribution in [3.8, 4) is 17.1 Å². The Morgan fingerprint density at radius 2 is 1.64 bits per heavy atom. The molecule has 0 radical (unpaired) electrons. The molecule has 0 saturated heterocycles. The van der Waals surface area contributed by atoms with Crippen LogP contribution in [0.15, 0.2) is 88.8 Å². The van der Waals surface area contributed by atoms with Gasteiger partial charge in [-0.3, -0.25) is 24.0 Å². The van der Waals surface area contributed by atoms with E-state index in [1.54, 1.807) is 60.0 Å². The summed E-state index contributed by atoms with van der Waals surface area (Å²) in [5, 5.41) is 23.6. The first-order valence-corrected chi connectivity index (χ1v) is 27.8. The summed E-state index contributed by atoms with van der Waals surface area (Å²) in [6, 6.07) is 21.5. The maximum Gasteiger partial charge on any atom is 0.415 e. The highest BCUT2D eigenvalue weighted by Gasteiger charge is 2.45. The lowest BCUT2D eigenvalue weighted by molar-refractivity contribution is -0.172. The third-order valence-corrected chi connectivity index (χ3v) is 14.6. The SMILES string of the molecule is CCc1c2c(nc3ccc(OC(=O)N(C)CCN(C)C(=O)OCc4ccc(NC(=O)C(CCCCN)CC(=O)C(Cc5ccccc5)NC(=O)COCC(=O)NCCOCCN=[N+]=[N-])cc4)cc13)-c1cc3c(c(=O)n1C2)COC(=O)[C@]3(O)CC. The molecule has 0 aliphatic carbocycles. The van der Waals surface area contributed by atoms with E-state index < -0.39 is 66.7 Å². The second-order valence-corrected chi connectivity index (χ2v) is 20.4.